The van der Waals surface area contributed by atoms with Crippen LogP contribution in [-0.2, 0) is 0 Å². The summed E-state index contributed by atoms with van der Waals surface area (Å²) >= 11 is 0. The van der Waals surface area contributed by atoms with E-state index in [0.717, 1.165) is 11.1 Å². The summed E-state index contributed by atoms with van der Waals surface area (Å²) in [5.74, 6) is -0.164. The molecule has 2 aromatic carbocycles. The van der Waals surface area contributed by atoms with Crippen molar-refractivity contribution in [3.05, 3.63) is 82.2 Å². The fourth-order valence-electron chi connectivity index (χ4n) is 3.15. The lowest BCUT2D eigenvalue weighted by Crippen LogP contribution is -2.21. The summed E-state index contributed by atoms with van der Waals surface area (Å²) in [7, 11) is 0. The van der Waals surface area contributed by atoms with Crippen LogP contribution in [0.15, 0.2) is 65.0 Å². The molecular weight excluding hydrogens is 342 g/mol. The molecule has 0 saturated carbocycles. The number of rotatable bonds is 3. The highest BCUT2D eigenvalue weighted by atomic mass is 16.3. The van der Waals surface area contributed by atoms with Crippen LogP contribution < -0.4 is 5.56 Å². The van der Waals surface area contributed by atoms with Gasteiger partial charge in [0.05, 0.1) is 17.5 Å². The first-order valence-corrected chi connectivity index (χ1v) is 8.39. The normalized spacial score (nSPS) is 11.5. The fraction of sp³-hybridized carbons (Fsp3) is 0.100. The SMILES string of the molecule is Cc1ccc(-n2c(O)c(C=Nn3cnnc3)c3ccccc3c2=O)c(C)c1. The quantitative estimate of drug-likeness (QED) is 0.570. The van der Waals surface area contributed by atoms with E-state index in [1.54, 1.807) is 18.2 Å². The van der Waals surface area contributed by atoms with Gasteiger partial charge in [-0.3, -0.25) is 4.79 Å². The number of hydrogen-bond donors (Lipinski definition) is 1. The van der Waals surface area contributed by atoms with Crippen molar-refractivity contribution in [2.75, 3.05) is 0 Å². The van der Waals surface area contributed by atoms with E-state index in [9.17, 15) is 9.90 Å². The van der Waals surface area contributed by atoms with Crippen LogP contribution in [0.1, 0.15) is 16.7 Å². The molecule has 0 atom stereocenters. The minimum absolute atomic E-state index is 0.164. The predicted molar refractivity (Wildman–Crippen MR) is 104 cm³/mol. The Balaban J connectivity index is 2.04. The van der Waals surface area contributed by atoms with Gasteiger partial charge in [0.15, 0.2) is 0 Å². The molecule has 0 radical (unpaired) electrons. The molecule has 0 aliphatic carbocycles. The lowest BCUT2D eigenvalue weighted by molar-refractivity contribution is 0.436. The molecule has 0 saturated heterocycles. The zero-order valence-corrected chi connectivity index (χ0v) is 14.9. The average Bonchev–Trinajstić information content (AvgIpc) is 3.17. The van der Waals surface area contributed by atoms with Gasteiger partial charge in [-0.2, -0.15) is 5.10 Å². The van der Waals surface area contributed by atoms with E-state index in [1.807, 2.05) is 38.1 Å². The maximum absolute atomic E-state index is 13.1. The number of hydrogen-bond acceptors (Lipinski definition) is 5. The lowest BCUT2D eigenvalue weighted by Gasteiger charge is -2.15. The zero-order chi connectivity index (χ0) is 19.0. The largest absolute Gasteiger partial charge is 0.494 e. The molecule has 27 heavy (non-hydrogen) atoms. The van der Waals surface area contributed by atoms with Crippen LogP contribution in [-0.4, -0.2) is 30.8 Å². The minimum Gasteiger partial charge on any atom is -0.494 e. The van der Waals surface area contributed by atoms with E-state index < -0.39 is 0 Å². The Hall–Kier alpha value is -3.74. The predicted octanol–water partition coefficient (Wildman–Crippen LogP) is 2.79. The summed E-state index contributed by atoms with van der Waals surface area (Å²) in [4.78, 5) is 13.1. The third kappa shape index (κ3) is 2.89. The monoisotopic (exact) mass is 359 g/mol. The van der Waals surface area contributed by atoms with Crippen molar-refractivity contribution < 1.29 is 5.11 Å². The van der Waals surface area contributed by atoms with Gasteiger partial charge in [-0.1, -0.05) is 35.9 Å². The molecule has 0 amide bonds. The summed E-state index contributed by atoms with van der Waals surface area (Å²) in [5.41, 5.74) is 2.77. The van der Waals surface area contributed by atoms with E-state index in [-0.39, 0.29) is 11.4 Å². The molecule has 4 aromatic rings. The van der Waals surface area contributed by atoms with Crippen LogP contribution in [0.25, 0.3) is 16.5 Å². The number of aromatic hydroxyl groups is 1. The number of nitrogens with zero attached hydrogens (tertiary/aromatic N) is 5. The molecule has 7 nitrogen and oxygen atoms in total. The fourth-order valence-corrected chi connectivity index (χ4v) is 3.15. The molecule has 7 heteroatoms. The Morgan fingerprint density at radius 1 is 1.04 bits per heavy atom. The second kappa shape index (κ2) is 6.53. The highest BCUT2D eigenvalue weighted by Crippen LogP contribution is 2.27. The molecule has 0 aliphatic rings. The first kappa shape index (κ1) is 16.7. The van der Waals surface area contributed by atoms with Gasteiger partial charge in [-0.05, 0) is 31.5 Å². The van der Waals surface area contributed by atoms with Gasteiger partial charge in [0.2, 0.25) is 5.88 Å². The van der Waals surface area contributed by atoms with E-state index in [4.69, 9.17) is 0 Å². The van der Waals surface area contributed by atoms with E-state index in [0.29, 0.717) is 22.0 Å². The number of aromatic nitrogens is 4. The number of pyridine rings is 1. The minimum atomic E-state index is -0.281. The van der Waals surface area contributed by atoms with Crippen LogP contribution in [0.5, 0.6) is 5.88 Å². The van der Waals surface area contributed by atoms with Gasteiger partial charge in [0.1, 0.15) is 12.7 Å². The van der Waals surface area contributed by atoms with Gasteiger partial charge >= 0.3 is 0 Å². The molecule has 0 bridgehead atoms. The van der Waals surface area contributed by atoms with Crippen LogP contribution in [0.4, 0.5) is 0 Å². The Morgan fingerprint density at radius 2 is 1.74 bits per heavy atom. The maximum atomic E-state index is 13.1. The molecule has 0 spiro atoms. The van der Waals surface area contributed by atoms with Gasteiger partial charge < -0.3 is 5.11 Å². The number of benzene rings is 2. The summed E-state index contributed by atoms with van der Waals surface area (Å²) in [6.07, 6.45) is 4.38. The number of aryl methyl sites for hydroxylation is 2. The average molecular weight is 359 g/mol. The molecule has 2 aromatic heterocycles. The molecule has 0 aliphatic heterocycles. The highest BCUT2D eigenvalue weighted by Gasteiger charge is 2.17. The first-order valence-electron chi connectivity index (χ1n) is 8.39. The highest BCUT2D eigenvalue weighted by molar-refractivity contribution is 6.01. The molecule has 0 fully saturated rings. The first-order chi connectivity index (χ1) is 13.1. The van der Waals surface area contributed by atoms with Crippen molar-refractivity contribution in [3.63, 3.8) is 0 Å². The smallest absolute Gasteiger partial charge is 0.265 e. The van der Waals surface area contributed by atoms with Crippen molar-refractivity contribution in [1.82, 2.24) is 19.4 Å². The topological polar surface area (TPSA) is 85.3 Å². The summed E-state index contributed by atoms with van der Waals surface area (Å²) in [6.45, 7) is 3.89. The van der Waals surface area contributed by atoms with Gasteiger partial charge in [0, 0.05) is 10.8 Å². The molecule has 2 heterocycles. The molecule has 134 valence electrons. The molecule has 0 unspecified atom stereocenters. The summed E-state index contributed by atoms with van der Waals surface area (Å²) in [5, 5.41) is 23.7. The van der Waals surface area contributed by atoms with Crippen LogP contribution >= 0.6 is 0 Å². The number of fused-ring (bicyclic) bond motifs is 1. The molecule has 4 rings (SSSR count). The summed E-state index contributed by atoms with van der Waals surface area (Å²) in [6, 6.07) is 12.9. The van der Waals surface area contributed by atoms with Crippen molar-refractivity contribution >= 4 is 17.0 Å². The van der Waals surface area contributed by atoms with E-state index in [1.165, 1.54) is 28.1 Å². The molecule has 1 N–H and O–H groups in total. The lowest BCUT2D eigenvalue weighted by atomic mass is 10.1. The third-order valence-electron chi connectivity index (χ3n) is 4.42. The van der Waals surface area contributed by atoms with Crippen molar-refractivity contribution in [2.45, 2.75) is 13.8 Å². The van der Waals surface area contributed by atoms with Gasteiger partial charge in [0.25, 0.3) is 5.56 Å². The zero-order valence-electron chi connectivity index (χ0n) is 14.9. The Labute approximate surface area is 154 Å². The Kier molecular flexibility index (Phi) is 4.04. The van der Waals surface area contributed by atoms with Gasteiger partial charge in [-0.15, -0.1) is 10.2 Å². The van der Waals surface area contributed by atoms with E-state index in [2.05, 4.69) is 15.3 Å². The van der Waals surface area contributed by atoms with Crippen molar-refractivity contribution in [2.24, 2.45) is 5.10 Å². The maximum Gasteiger partial charge on any atom is 0.265 e. The van der Waals surface area contributed by atoms with Gasteiger partial charge in [-0.25, -0.2) is 9.24 Å². The second-order valence-electron chi connectivity index (χ2n) is 6.30. The molecular formula is C20H17N5O2. The van der Waals surface area contributed by atoms with Crippen LogP contribution in [0, 0.1) is 13.8 Å². The second-order valence-corrected chi connectivity index (χ2v) is 6.30. The standard InChI is InChI=1S/C20H17N5O2/c1-13-7-8-18(14(2)9-13)25-19(26)16-6-4-3-5-15(16)17(20(25)27)10-23-24-11-21-22-12-24/h3-12,27H,1-2H3. The van der Waals surface area contributed by atoms with E-state index >= 15 is 0 Å². The summed E-state index contributed by atoms with van der Waals surface area (Å²) < 4.78 is 2.74. The Bertz CT molecular complexity index is 1220. The van der Waals surface area contributed by atoms with Crippen LogP contribution in [0.3, 0.4) is 0 Å². The van der Waals surface area contributed by atoms with Crippen molar-refractivity contribution in [3.8, 4) is 11.6 Å². The Morgan fingerprint density at radius 3 is 2.44 bits per heavy atom. The van der Waals surface area contributed by atoms with Crippen LogP contribution in [0.2, 0.25) is 0 Å². The van der Waals surface area contributed by atoms with Crippen molar-refractivity contribution in [1.29, 1.82) is 0 Å². The third-order valence-corrected chi connectivity index (χ3v) is 4.42.